The molecule has 0 spiro atoms. The van der Waals surface area contributed by atoms with Crippen LogP contribution in [0.4, 0.5) is 0 Å². The average molecular weight is 891 g/mol. The molecule has 0 aromatic heterocycles. The van der Waals surface area contributed by atoms with Crippen molar-refractivity contribution >= 4 is 17.9 Å². The van der Waals surface area contributed by atoms with E-state index in [-0.39, 0.29) is 31.1 Å². The van der Waals surface area contributed by atoms with Gasteiger partial charge in [0.1, 0.15) is 13.2 Å². The molecule has 0 saturated heterocycles. The topological polar surface area (TPSA) is 78.9 Å². The minimum absolute atomic E-state index is 0.0800. The second kappa shape index (κ2) is 52.2. The molecular formula is C58H98O6. The SMILES string of the molecule is CC/C=C\C/C=C\C/C=C\C/C=C\C/C=C\C/C=C\CCCCCCCCCCCCC(=O)OCC(COC(=O)CCCCCCCCC)OC(=O)CCCCCCC/C=C\CCC. The highest BCUT2D eigenvalue weighted by atomic mass is 16.6. The molecule has 0 aliphatic carbocycles. The largest absolute Gasteiger partial charge is 0.462 e. The van der Waals surface area contributed by atoms with Crippen LogP contribution in [0.1, 0.15) is 245 Å². The lowest BCUT2D eigenvalue weighted by Crippen LogP contribution is -2.30. The van der Waals surface area contributed by atoms with Crippen molar-refractivity contribution in [2.45, 2.75) is 252 Å². The third-order valence-corrected chi connectivity index (χ3v) is 11.1. The van der Waals surface area contributed by atoms with Crippen molar-refractivity contribution in [1.29, 1.82) is 0 Å². The van der Waals surface area contributed by atoms with Crippen molar-refractivity contribution in [1.82, 2.24) is 0 Å². The quantitative estimate of drug-likeness (QED) is 0.0262. The molecule has 0 radical (unpaired) electrons. The van der Waals surface area contributed by atoms with E-state index in [1.54, 1.807) is 0 Å². The molecule has 1 unspecified atom stereocenters. The molecule has 0 heterocycles. The maximum absolute atomic E-state index is 12.7. The molecule has 1 atom stereocenters. The number of ether oxygens (including phenoxy) is 3. The number of carbonyl (C=O) groups excluding carboxylic acids is 3. The number of esters is 3. The molecule has 64 heavy (non-hydrogen) atoms. The summed E-state index contributed by atoms with van der Waals surface area (Å²) in [4.78, 5) is 37.7. The van der Waals surface area contributed by atoms with Crippen molar-refractivity contribution in [2.24, 2.45) is 0 Å². The molecule has 0 amide bonds. The van der Waals surface area contributed by atoms with Crippen LogP contribution in [0.3, 0.4) is 0 Å². The molecule has 0 aliphatic rings. The van der Waals surface area contributed by atoms with Crippen molar-refractivity contribution in [3.63, 3.8) is 0 Å². The Hall–Kier alpha value is -3.41. The summed E-state index contributed by atoms with van der Waals surface area (Å²) >= 11 is 0. The zero-order valence-corrected chi connectivity index (χ0v) is 41.8. The van der Waals surface area contributed by atoms with Gasteiger partial charge >= 0.3 is 17.9 Å². The molecule has 6 heteroatoms. The number of rotatable bonds is 47. The van der Waals surface area contributed by atoms with Gasteiger partial charge in [-0.05, 0) is 89.9 Å². The monoisotopic (exact) mass is 891 g/mol. The molecule has 0 aromatic carbocycles. The van der Waals surface area contributed by atoms with Crippen LogP contribution in [-0.2, 0) is 28.6 Å². The van der Waals surface area contributed by atoms with Crippen molar-refractivity contribution in [3.05, 3.63) is 85.1 Å². The summed E-state index contributed by atoms with van der Waals surface area (Å²) < 4.78 is 16.7. The Morgan fingerprint density at radius 3 is 1.03 bits per heavy atom. The van der Waals surface area contributed by atoms with Gasteiger partial charge in [-0.2, -0.15) is 0 Å². The Morgan fingerprint density at radius 1 is 0.328 bits per heavy atom. The number of unbranched alkanes of at least 4 members (excludes halogenated alkanes) is 22. The van der Waals surface area contributed by atoms with E-state index in [4.69, 9.17) is 14.2 Å². The standard InChI is InChI=1S/C58H98O6/c1-4-7-10-13-16-18-20-21-22-23-24-25-26-27-28-29-30-31-32-33-34-35-36-37-38-40-42-45-48-51-57(60)63-54-55(53-62-56(59)50-47-44-41-15-12-9-6-3)64-58(61)52-49-46-43-39-19-17-14-11-8-5-2/h7,10-11,14,16,18,21-22,24-25,27-28,30-31,55H,4-6,8-9,12-13,15,17,19-20,23,26,29,32-54H2,1-3H3/b10-7-,14-11-,18-16-,22-21-,25-24-,28-27-,31-30-. The lowest BCUT2D eigenvalue weighted by atomic mass is 10.1. The minimum atomic E-state index is -0.777. The molecule has 0 rings (SSSR count). The molecule has 0 aliphatic heterocycles. The summed E-state index contributed by atoms with van der Waals surface area (Å²) in [5.41, 5.74) is 0. The lowest BCUT2D eigenvalue weighted by Gasteiger charge is -2.18. The molecule has 6 nitrogen and oxygen atoms in total. The highest BCUT2D eigenvalue weighted by Gasteiger charge is 2.19. The van der Waals surface area contributed by atoms with Crippen LogP contribution < -0.4 is 0 Å². The third kappa shape index (κ3) is 49.6. The fraction of sp³-hybridized carbons (Fsp3) is 0.707. The summed E-state index contributed by atoms with van der Waals surface area (Å²) in [6.07, 6.45) is 67.5. The summed E-state index contributed by atoms with van der Waals surface area (Å²) in [7, 11) is 0. The molecule has 0 fully saturated rings. The Bertz CT molecular complexity index is 1250. The molecule has 366 valence electrons. The summed E-state index contributed by atoms with van der Waals surface area (Å²) in [6, 6.07) is 0. The molecule has 0 saturated carbocycles. The number of allylic oxidation sites excluding steroid dienone is 14. The first-order valence-corrected chi connectivity index (χ1v) is 26.6. The van der Waals surface area contributed by atoms with Crippen LogP contribution in [0, 0.1) is 0 Å². The second-order valence-corrected chi connectivity index (χ2v) is 17.4. The first-order chi connectivity index (χ1) is 31.5. The predicted octanol–water partition coefficient (Wildman–Crippen LogP) is 17.6. The first kappa shape index (κ1) is 60.6. The van der Waals surface area contributed by atoms with Gasteiger partial charge in [-0.25, -0.2) is 0 Å². The van der Waals surface area contributed by atoms with E-state index in [9.17, 15) is 14.4 Å². The van der Waals surface area contributed by atoms with Crippen molar-refractivity contribution in [3.8, 4) is 0 Å². The minimum Gasteiger partial charge on any atom is -0.462 e. The third-order valence-electron chi connectivity index (χ3n) is 11.1. The zero-order valence-electron chi connectivity index (χ0n) is 41.8. The van der Waals surface area contributed by atoms with Crippen LogP contribution in [0.5, 0.6) is 0 Å². The highest BCUT2D eigenvalue weighted by Crippen LogP contribution is 2.14. The van der Waals surface area contributed by atoms with Crippen molar-refractivity contribution in [2.75, 3.05) is 13.2 Å². The van der Waals surface area contributed by atoms with Crippen LogP contribution in [0.2, 0.25) is 0 Å². The van der Waals surface area contributed by atoms with E-state index in [1.807, 2.05) is 0 Å². The van der Waals surface area contributed by atoms with E-state index in [0.29, 0.717) is 19.3 Å². The summed E-state index contributed by atoms with van der Waals surface area (Å²) in [6.45, 7) is 6.40. The normalized spacial score (nSPS) is 12.7. The van der Waals surface area contributed by atoms with Gasteiger partial charge in [0.25, 0.3) is 0 Å². The van der Waals surface area contributed by atoms with Gasteiger partial charge in [-0.15, -0.1) is 0 Å². The van der Waals surface area contributed by atoms with E-state index in [0.717, 1.165) is 116 Å². The molecule has 0 bridgehead atoms. The second-order valence-electron chi connectivity index (χ2n) is 17.4. The summed E-state index contributed by atoms with van der Waals surface area (Å²) in [5.74, 6) is -0.904. The van der Waals surface area contributed by atoms with Gasteiger partial charge in [0, 0.05) is 19.3 Å². The Balaban J connectivity index is 4.08. The maximum atomic E-state index is 12.7. The van der Waals surface area contributed by atoms with Crippen molar-refractivity contribution < 1.29 is 28.6 Å². The fourth-order valence-electron chi connectivity index (χ4n) is 7.15. The van der Waals surface area contributed by atoms with Crippen LogP contribution in [0.15, 0.2) is 85.1 Å². The van der Waals surface area contributed by atoms with Gasteiger partial charge in [0.2, 0.25) is 0 Å². The number of hydrogen-bond acceptors (Lipinski definition) is 6. The fourth-order valence-corrected chi connectivity index (χ4v) is 7.15. The lowest BCUT2D eigenvalue weighted by molar-refractivity contribution is -0.167. The Kier molecular flexibility index (Phi) is 49.4. The molecular weight excluding hydrogens is 793 g/mol. The smallest absolute Gasteiger partial charge is 0.306 e. The van der Waals surface area contributed by atoms with Gasteiger partial charge in [-0.3, -0.25) is 14.4 Å². The van der Waals surface area contributed by atoms with E-state index in [1.165, 1.54) is 89.9 Å². The Labute approximate surface area is 395 Å². The van der Waals surface area contributed by atoms with Gasteiger partial charge in [-0.1, -0.05) is 221 Å². The van der Waals surface area contributed by atoms with Gasteiger partial charge < -0.3 is 14.2 Å². The zero-order chi connectivity index (χ0) is 46.5. The average Bonchev–Trinajstić information content (AvgIpc) is 3.29. The van der Waals surface area contributed by atoms with E-state index in [2.05, 4.69) is 106 Å². The Morgan fingerprint density at radius 2 is 0.641 bits per heavy atom. The van der Waals surface area contributed by atoms with Crippen LogP contribution in [-0.4, -0.2) is 37.2 Å². The first-order valence-electron chi connectivity index (χ1n) is 26.6. The highest BCUT2D eigenvalue weighted by molar-refractivity contribution is 5.71. The molecule has 0 N–H and O–H groups in total. The predicted molar refractivity (Wildman–Crippen MR) is 274 cm³/mol. The van der Waals surface area contributed by atoms with Crippen LogP contribution in [0.25, 0.3) is 0 Å². The summed E-state index contributed by atoms with van der Waals surface area (Å²) in [5, 5.41) is 0. The van der Waals surface area contributed by atoms with Gasteiger partial charge in [0.05, 0.1) is 0 Å². The number of carbonyl (C=O) groups is 3. The molecule has 0 aromatic rings. The van der Waals surface area contributed by atoms with E-state index < -0.39 is 6.10 Å². The van der Waals surface area contributed by atoms with Gasteiger partial charge in [0.15, 0.2) is 6.10 Å². The maximum Gasteiger partial charge on any atom is 0.306 e. The van der Waals surface area contributed by atoms with E-state index >= 15 is 0 Å². The van der Waals surface area contributed by atoms with Crippen LogP contribution >= 0.6 is 0 Å². The number of hydrogen-bond donors (Lipinski definition) is 0.